The molecular weight excluding hydrogens is 288 g/mol. The van der Waals surface area contributed by atoms with Gasteiger partial charge in [0, 0.05) is 11.8 Å². The molecule has 0 fully saturated rings. The van der Waals surface area contributed by atoms with Crippen LogP contribution < -0.4 is 5.32 Å². The Hall–Kier alpha value is -2.36. The van der Waals surface area contributed by atoms with Crippen LogP contribution in [0, 0.1) is 0 Å². The van der Waals surface area contributed by atoms with Gasteiger partial charge >= 0.3 is 0 Å². The maximum atomic E-state index is 12.3. The van der Waals surface area contributed by atoms with Crippen molar-refractivity contribution >= 4 is 12.2 Å². The van der Waals surface area contributed by atoms with E-state index in [1.807, 2.05) is 0 Å². The third-order valence-corrected chi connectivity index (χ3v) is 4.57. The molecule has 1 unspecified atom stereocenters. The number of hydrogen-bond acceptors (Lipinski definition) is 2. The first kappa shape index (κ1) is 15.5. The zero-order valence-corrected chi connectivity index (χ0v) is 13.4. The van der Waals surface area contributed by atoms with Gasteiger partial charge in [-0.2, -0.15) is 0 Å². The number of rotatable bonds is 5. The average molecular weight is 310 g/mol. The summed E-state index contributed by atoms with van der Waals surface area (Å²) in [7, 11) is 0. The number of amides is 1. The second kappa shape index (κ2) is 6.82. The van der Waals surface area contributed by atoms with Crippen LogP contribution in [0.5, 0.6) is 0 Å². The highest BCUT2D eigenvalue weighted by atomic mass is 16.2. The van der Waals surface area contributed by atoms with Crippen molar-refractivity contribution in [3.8, 4) is 0 Å². The molecule has 1 aliphatic carbocycles. The molecule has 0 radical (unpaired) electrons. The topological polar surface area (TPSA) is 62.0 Å². The van der Waals surface area contributed by atoms with Crippen molar-refractivity contribution in [2.45, 2.75) is 45.1 Å². The van der Waals surface area contributed by atoms with Crippen molar-refractivity contribution in [1.29, 1.82) is 0 Å². The van der Waals surface area contributed by atoms with Gasteiger partial charge in [-0.15, -0.1) is 0 Å². The molecule has 1 aliphatic rings. The summed E-state index contributed by atoms with van der Waals surface area (Å²) in [5, 5.41) is 3.06. The molecule has 0 saturated heterocycles. The lowest BCUT2D eigenvalue weighted by Crippen LogP contribution is -2.28. The number of carbonyl (C=O) groups is 2. The van der Waals surface area contributed by atoms with Crippen LogP contribution in [0.2, 0.25) is 0 Å². The summed E-state index contributed by atoms with van der Waals surface area (Å²) in [5.41, 5.74) is 4.93. The standard InChI is InChI=1S/C19H22N2O2/c1-2-17(21-19(23)18-9-13(12-22)11-20-18)16-8-7-14-5-3-4-6-15(14)10-16/h7-12,17,20H,2-6H2,1H3,(H,21,23). The number of aldehydes is 1. The van der Waals surface area contributed by atoms with Crippen LogP contribution in [-0.4, -0.2) is 17.2 Å². The average Bonchev–Trinajstić information content (AvgIpc) is 3.08. The van der Waals surface area contributed by atoms with Crippen LogP contribution in [0.3, 0.4) is 0 Å². The smallest absolute Gasteiger partial charge is 0.268 e. The van der Waals surface area contributed by atoms with E-state index in [0.29, 0.717) is 11.3 Å². The summed E-state index contributed by atoms with van der Waals surface area (Å²) in [5.74, 6) is -0.178. The molecule has 2 aromatic rings. The van der Waals surface area contributed by atoms with Gasteiger partial charge in [-0.3, -0.25) is 9.59 Å². The lowest BCUT2D eigenvalue weighted by Gasteiger charge is -2.21. The van der Waals surface area contributed by atoms with E-state index >= 15 is 0 Å². The highest BCUT2D eigenvalue weighted by Crippen LogP contribution is 2.26. The molecule has 0 saturated carbocycles. The number of benzene rings is 1. The fraction of sp³-hybridized carbons (Fsp3) is 0.368. The van der Waals surface area contributed by atoms with Crippen LogP contribution >= 0.6 is 0 Å². The lowest BCUT2D eigenvalue weighted by atomic mass is 9.89. The molecule has 23 heavy (non-hydrogen) atoms. The maximum absolute atomic E-state index is 12.3. The first-order valence-electron chi connectivity index (χ1n) is 8.27. The van der Waals surface area contributed by atoms with Crippen LogP contribution in [0.25, 0.3) is 0 Å². The molecule has 1 aromatic carbocycles. The maximum Gasteiger partial charge on any atom is 0.268 e. The number of aromatic nitrogens is 1. The quantitative estimate of drug-likeness (QED) is 0.829. The minimum absolute atomic E-state index is 0.0160. The van der Waals surface area contributed by atoms with Crippen LogP contribution in [0.15, 0.2) is 30.5 Å². The monoisotopic (exact) mass is 310 g/mol. The van der Waals surface area contributed by atoms with Crippen molar-refractivity contribution in [3.63, 3.8) is 0 Å². The second-order valence-electron chi connectivity index (χ2n) is 6.13. The van der Waals surface area contributed by atoms with Crippen LogP contribution in [-0.2, 0) is 12.8 Å². The molecule has 4 nitrogen and oxygen atoms in total. The summed E-state index contributed by atoms with van der Waals surface area (Å²) in [4.78, 5) is 25.9. The van der Waals surface area contributed by atoms with E-state index in [9.17, 15) is 9.59 Å². The van der Waals surface area contributed by atoms with Crippen molar-refractivity contribution in [1.82, 2.24) is 10.3 Å². The van der Waals surface area contributed by atoms with E-state index in [0.717, 1.165) is 31.1 Å². The highest BCUT2D eigenvalue weighted by Gasteiger charge is 2.17. The molecular formula is C19H22N2O2. The first-order chi connectivity index (χ1) is 11.2. The zero-order chi connectivity index (χ0) is 16.2. The van der Waals surface area contributed by atoms with Crippen molar-refractivity contribution < 1.29 is 9.59 Å². The normalized spacial score (nSPS) is 14.8. The molecule has 4 heteroatoms. The predicted molar refractivity (Wildman–Crippen MR) is 89.8 cm³/mol. The van der Waals surface area contributed by atoms with Gasteiger partial charge in [-0.25, -0.2) is 0 Å². The predicted octanol–water partition coefficient (Wildman–Crippen LogP) is 3.59. The third kappa shape index (κ3) is 3.36. The number of carbonyl (C=O) groups excluding carboxylic acids is 2. The van der Waals surface area contributed by atoms with Gasteiger partial charge in [-0.1, -0.05) is 25.1 Å². The Morgan fingerprint density at radius 2 is 2.04 bits per heavy atom. The van der Waals surface area contributed by atoms with Crippen molar-refractivity contribution in [2.75, 3.05) is 0 Å². The Morgan fingerprint density at radius 1 is 1.26 bits per heavy atom. The molecule has 0 spiro atoms. The Labute approximate surface area is 136 Å². The fourth-order valence-electron chi connectivity index (χ4n) is 3.24. The van der Waals surface area contributed by atoms with E-state index < -0.39 is 0 Å². The molecule has 120 valence electrons. The van der Waals surface area contributed by atoms with Gasteiger partial charge in [-0.05, 0) is 54.9 Å². The van der Waals surface area contributed by atoms with E-state index in [1.54, 1.807) is 12.3 Å². The molecule has 1 aromatic heterocycles. The highest BCUT2D eigenvalue weighted by molar-refractivity contribution is 5.94. The Morgan fingerprint density at radius 3 is 2.74 bits per heavy atom. The molecule has 3 rings (SSSR count). The minimum atomic E-state index is -0.178. The number of nitrogens with one attached hydrogen (secondary N) is 2. The number of aromatic amines is 1. The molecule has 1 atom stereocenters. The zero-order valence-electron chi connectivity index (χ0n) is 13.4. The minimum Gasteiger partial charge on any atom is -0.357 e. The number of fused-ring (bicyclic) bond motifs is 1. The molecule has 2 N–H and O–H groups in total. The summed E-state index contributed by atoms with van der Waals surface area (Å²) < 4.78 is 0. The van der Waals surface area contributed by atoms with Crippen LogP contribution in [0.1, 0.15) is 69.8 Å². The van der Waals surface area contributed by atoms with E-state index in [4.69, 9.17) is 0 Å². The molecule has 1 heterocycles. The Balaban J connectivity index is 1.76. The second-order valence-corrected chi connectivity index (χ2v) is 6.13. The van der Waals surface area contributed by atoms with Gasteiger partial charge in [0.15, 0.2) is 6.29 Å². The third-order valence-electron chi connectivity index (χ3n) is 4.57. The molecule has 0 bridgehead atoms. The van der Waals surface area contributed by atoms with Gasteiger partial charge in [0.05, 0.1) is 6.04 Å². The van der Waals surface area contributed by atoms with Gasteiger partial charge in [0.1, 0.15) is 5.69 Å². The van der Waals surface area contributed by atoms with Crippen molar-refractivity contribution in [3.05, 3.63) is 58.4 Å². The van der Waals surface area contributed by atoms with Crippen LogP contribution in [0.4, 0.5) is 0 Å². The van der Waals surface area contributed by atoms with Gasteiger partial charge in [0.25, 0.3) is 5.91 Å². The summed E-state index contributed by atoms with van der Waals surface area (Å²) >= 11 is 0. The molecule has 0 aliphatic heterocycles. The summed E-state index contributed by atoms with van der Waals surface area (Å²) in [6.45, 7) is 2.07. The lowest BCUT2D eigenvalue weighted by molar-refractivity contribution is 0.0931. The first-order valence-corrected chi connectivity index (χ1v) is 8.27. The number of hydrogen-bond donors (Lipinski definition) is 2. The van der Waals surface area contributed by atoms with E-state index in [2.05, 4.69) is 35.4 Å². The number of H-pyrrole nitrogens is 1. The largest absolute Gasteiger partial charge is 0.357 e. The van der Waals surface area contributed by atoms with E-state index in [-0.39, 0.29) is 11.9 Å². The SMILES string of the molecule is CCC(NC(=O)c1cc(C=O)c[nH]1)c1ccc2c(c1)CCCC2. The fourth-order valence-corrected chi connectivity index (χ4v) is 3.24. The summed E-state index contributed by atoms with van der Waals surface area (Å²) in [6, 6.07) is 8.14. The number of aryl methyl sites for hydroxylation is 2. The Kier molecular flexibility index (Phi) is 4.60. The van der Waals surface area contributed by atoms with E-state index in [1.165, 1.54) is 24.0 Å². The van der Waals surface area contributed by atoms with Gasteiger partial charge < -0.3 is 10.3 Å². The van der Waals surface area contributed by atoms with Gasteiger partial charge in [0.2, 0.25) is 0 Å². The van der Waals surface area contributed by atoms with Crippen molar-refractivity contribution in [2.24, 2.45) is 0 Å². The molecule has 1 amide bonds. The Bertz CT molecular complexity index is 718. The summed E-state index contributed by atoms with van der Waals surface area (Å²) in [6.07, 6.45) is 7.91.